The van der Waals surface area contributed by atoms with Crippen molar-refractivity contribution < 1.29 is 9.18 Å². The highest BCUT2D eigenvalue weighted by Crippen LogP contribution is 2.13. The molecule has 5 heteroatoms. The second-order valence-electron chi connectivity index (χ2n) is 4.05. The number of rotatable bonds is 3. The Kier molecular flexibility index (Phi) is 4.02. The molecule has 3 nitrogen and oxygen atoms in total. The molecule has 19 heavy (non-hydrogen) atoms. The lowest BCUT2D eigenvalue weighted by Gasteiger charge is -2.06. The Bertz CT molecular complexity index is 599. The van der Waals surface area contributed by atoms with Crippen molar-refractivity contribution >= 4 is 23.2 Å². The van der Waals surface area contributed by atoms with Crippen LogP contribution < -0.4 is 11.1 Å². The van der Waals surface area contributed by atoms with E-state index in [0.717, 1.165) is 5.56 Å². The number of halogens is 2. The third-order valence-electron chi connectivity index (χ3n) is 2.62. The van der Waals surface area contributed by atoms with Crippen molar-refractivity contribution in [1.29, 1.82) is 0 Å². The van der Waals surface area contributed by atoms with Gasteiger partial charge in [-0.1, -0.05) is 23.7 Å². The van der Waals surface area contributed by atoms with Crippen molar-refractivity contribution in [3.05, 3.63) is 64.4 Å². The molecule has 2 aromatic carbocycles. The average molecular weight is 279 g/mol. The molecule has 0 fully saturated rings. The van der Waals surface area contributed by atoms with Crippen molar-refractivity contribution in [3.8, 4) is 0 Å². The minimum atomic E-state index is -0.533. The summed E-state index contributed by atoms with van der Waals surface area (Å²) in [5.41, 5.74) is 6.62. The van der Waals surface area contributed by atoms with Gasteiger partial charge in [0.1, 0.15) is 5.82 Å². The van der Waals surface area contributed by atoms with Crippen LogP contribution in [0.1, 0.15) is 15.9 Å². The average Bonchev–Trinajstić information content (AvgIpc) is 2.41. The van der Waals surface area contributed by atoms with Gasteiger partial charge in [-0.2, -0.15) is 0 Å². The van der Waals surface area contributed by atoms with E-state index in [2.05, 4.69) is 5.32 Å². The summed E-state index contributed by atoms with van der Waals surface area (Å²) in [5.74, 6) is -0.837. The molecule has 0 saturated carbocycles. The van der Waals surface area contributed by atoms with Crippen molar-refractivity contribution in [2.45, 2.75) is 6.54 Å². The van der Waals surface area contributed by atoms with E-state index in [0.29, 0.717) is 17.1 Å². The molecule has 0 atom stereocenters. The lowest BCUT2D eigenvalue weighted by molar-refractivity contribution is 0.0951. The zero-order valence-electron chi connectivity index (χ0n) is 9.99. The molecule has 98 valence electrons. The van der Waals surface area contributed by atoms with E-state index in [4.69, 9.17) is 17.3 Å². The summed E-state index contributed by atoms with van der Waals surface area (Å²) in [7, 11) is 0. The molecule has 0 spiro atoms. The minimum absolute atomic E-state index is 0.0425. The second kappa shape index (κ2) is 5.71. The van der Waals surface area contributed by atoms with Crippen LogP contribution in [0.2, 0.25) is 5.02 Å². The molecular formula is C14H12ClFN2O. The fourth-order valence-electron chi connectivity index (χ4n) is 1.57. The topological polar surface area (TPSA) is 55.1 Å². The largest absolute Gasteiger partial charge is 0.396 e. The zero-order valence-corrected chi connectivity index (χ0v) is 10.7. The van der Waals surface area contributed by atoms with Crippen LogP contribution in [0.4, 0.5) is 10.1 Å². The van der Waals surface area contributed by atoms with E-state index < -0.39 is 5.82 Å². The molecule has 2 rings (SSSR count). The number of anilines is 1. The van der Waals surface area contributed by atoms with Gasteiger partial charge in [-0.15, -0.1) is 0 Å². The standard InChI is InChI=1S/C14H12ClFN2O/c15-11-4-1-9(2-5-11)8-18-14(19)10-3-6-12(16)13(17)7-10/h1-7H,8,17H2,(H,18,19). The number of nitrogens with two attached hydrogens (primary N) is 1. The normalized spacial score (nSPS) is 10.2. The van der Waals surface area contributed by atoms with Gasteiger partial charge in [-0.3, -0.25) is 4.79 Å². The Hall–Kier alpha value is -2.07. The first-order chi connectivity index (χ1) is 9.06. The Morgan fingerprint density at radius 2 is 1.89 bits per heavy atom. The second-order valence-corrected chi connectivity index (χ2v) is 4.48. The molecule has 0 aliphatic carbocycles. The van der Waals surface area contributed by atoms with Gasteiger partial charge in [0.25, 0.3) is 5.91 Å². The SMILES string of the molecule is Nc1cc(C(=O)NCc2ccc(Cl)cc2)ccc1F. The molecule has 0 radical (unpaired) electrons. The molecule has 0 saturated heterocycles. The maximum atomic E-state index is 13.0. The van der Waals surface area contributed by atoms with Crippen molar-refractivity contribution in [2.75, 3.05) is 5.73 Å². The van der Waals surface area contributed by atoms with Crippen LogP contribution >= 0.6 is 11.6 Å². The molecule has 0 aliphatic rings. The summed E-state index contributed by atoms with van der Waals surface area (Å²) in [5, 5.41) is 3.36. The fraction of sp³-hybridized carbons (Fsp3) is 0.0714. The molecule has 0 heterocycles. The van der Waals surface area contributed by atoms with E-state index in [1.165, 1.54) is 18.2 Å². The molecule has 0 aromatic heterocycles. The highest BCUT2D eigenvalue weighted by molar-refractivity contribution is 6.30. The third-order valence-corrected chi connectivity index (χ3v) is 2.88. The number of carbonyl (C=O) groups excluding carboxylic acids is 1. The van der Waals surface area contributed by atoms with Crippen LogP contribution in [-0.2, 0) is 6.54 Å². The Labute approximate surface area is 115 Å². The van der Waals surface area contributed by atoms with Gasteiger partial charge >= 0.3 is 0 Å². The van der Waals surface area contributed by atoms with Crippen molar-refractivity contribution in [1.82, 2.24) is 5.32 Å². The number of nitrogen functional groups attached to an aromatic ring is 1. The predicted octanol–water partition coefficient (Wildman–Crippen LogP) is 2.99. The molecule has 0 aliphatic heterocycles. The third kappa shape index (κ3) is 3.45. The van der Waals surface area contributed by atoms with Crippen LogP contribution in [0.3, 0.4) is 0 Å². The zero-order chi connectivity index (χ0) is 13.8. The smallest absolute Gasteiger partial charge is 0.251 e. The summed E-state index contributed by atoms with van der Waals surface area (Å²) >= 11 is 5.77. The lowest BCUT2D eigenvalue weighted by atomic mass is 10.1. The first-order valence-electron chi connectivity index (χ1n) is 5.64. The highest BCUT2D eigenvalue weighted by atomic mass is 35.5. The first-order valence-corrected chi connectivity index (χ1v) is 6.02. The summed E-state index contributed by atoms with van der Waals surface area (Å²) in [6, 6.07) is 11.0. The summed E-state index contributed by atoms with van der Waals surface area (Å²) in [6.45, 7) is 0.368. The lowest BCUT2D eigenvalue weighted by Crippen LogP contribution is -2.22. The van der Waals surface area contributed by atoms with Gasteiger partial charge in [-0.25, -0.2) is 4.39 Å². The Morgan fingerprint density at radius 3 is 2.53 bits per heavy atom. The van der Waals surface area contributed by atoms with Crippen LogP contribution in [0, 0.1) is 5.82 Å². The van der Waals surface area contributed by atoms with E-state index in [1.807, 2.05) is 12.1 Å². The van der Waals surface area contributed by atoms with E-state index in [1.54, 1.807) is 12.1 Å². The Morgan fingerprint density at radius 1 is 1.21 bits per heavy atom. The van der Waals surface area contributed by atoms with Gasteiger partial charge < -0.3 is 11.1 Å². The molecule has 0 bridgehead atoms. The quantitative estimate of drug-likeness (QED) is 0.848. The van der Waals surface area contributed by atoms with Crippen LogP contribution in [0.15, 0.2) is 42.5 Å². The van der Waals surface area contributed by atoms with Crippen LogP contribution in [0.5, 0.6) is 0 Å². The van der Waals surface area contributed by atoms with Crippen molar-refractivity contribution in [3.63, 3.8) is 0 Å². The minimum Gasteiger partial charge on any atom is -0.396 e. The number of hydrogen-bond acceptors (Lipinski definition) is 2. The van der Waals surface area contributed by atoms with Crippen LogP contribution in [-0.4, -0.2) is 5.91 Å². The number of benzene rings is 2. The maximum Gasteiger partial charge on any atom is 0.251 e. The number of carbonyl (C=O) groups is 1. The molecule has 1 amide bonds. The van der Waals surface area contributed by atoms with Gasteiger partial charge in [0.15, 0.2) is 0 Å². The maximum absolute atomic E-state index is 13.0. The van der Waals surface area contributed by atoms with Crippen LogP contribution in [0.25, 0.3) is 0 Å². The molecule has 0 unspecified atom stereocenters. The van der Waals surface area contributed by atoms with Gasteiger partial charge in [0.05, 0.1) is 5.69 Å². The monoisotopic (exact) mass is 278 g/mol. The van der Waals surface area contributed by atoms with E-state index >= 15 is 0 Å². The fourth-order valence-corrected chi connectivity index (χ4v) is 1.70. The molecular weight excluding hydrogens is 267 g/mol. The predicted molar refractivity (Wildman–Crippen MR) is 73.4 cm³/mol. The van der Waals surface area contributed by atoms with Gasteiger partial charge in [0.2, 0.25) is 0 Å². The van der Waals surface area contributed by atoms with Gasteiger partial charge in [-0.05, 0) is 35.9 Å². The summed E-state index contributed by atoms with van der Waals surface area (Å²) in [6.07, 6.45) is 0. The van der Waals surface area contributed by atoms with E-state index in [-0.39, 0.29) is 11.6 Å². The number of amides is 1. The van der Waals surface area contributed by atoms with E-state index in [9.17, 15) is 9.18 Å². The highest BCUT2D eigenvalue weighted by Gasteiger charge is 2.07. The number of hydrogen-bond donors (Lipinski definition) is 2. The summed E-state index contributed by atoms with van der Waals surface area (Å²) < 4.78 is 13.0. The molecule has 3 N–H and O–H groups in total. The summed E-state index contributed by atoms with van der Waals surface area (Å²) in [4.78, 5) is 11.8. The first kappa shape index (κ1) is 13.4. The number of nitrogens with one attached hydrogen (secondary N) is 1. The van der Waals surface area contributed by atoms with Gasteiger partial charge in [0, 0.05) is 17.1 Å². The van der Waals surface area contributed by atoms with Crippen molar-refractivity contribution in [2.24, 2.45) is 0 Å². The molecule has 2 aromatic rings. The Balaban J connectivity index is 2.01.